The Morgan fingerprint density at radius 3 is 2.68 bits per heavy atom. The minimum Gasteiger partial charge on any atom is -0.388 e. The maximum atomic E-state index is 10.3. The molecule has 1 aliphatic rings. The number of aryl methyl sites for hydroxylation is 1. The Labute approximate surface area is 113 Å². The molecule has 1 fully saturated rings. The summed E-state index contributed by atoms with van der Waals surface area (Å²) < 4.78 is 1.82. The van der Waals surface area contributed by atoms with Crippen molar-refractivity contribution in [3.63, 3.8) is 0 Å². The highest BCUT2D eigenvalue weighted by atomic mass is 16.3. The van der Waals surface area contributed by atoms with Crippen molar-refractivity contribution in [3.8, 4) is 0 Å². The van der Waals surface area contributed by atoms with E-state index in [1.165, 1.54) is 18.4 Å². The molecule has 100 valence electrons. The van der Waals surface area contributed by atoms with E-state index in [1.807, 2.05) is 23.7 Å². The fourth-order valence-electron chi connectivity index (χ4n) is 2.41. The first kappa shape index (κ1) is 12.4. The molecule has 1 aromatic heterocycles. The number of rotatable bonds is 5. The average Bonchev–Trinajstić information content (AvgIpc) is 3.20. The zero-order valence-corrected chi connectivity index (χ0v) is 11.2. The van der Waals surface area contributed by atoms with Crippen molar-refractivity contribution in [2.45, 2.75) is 44.8 Å². The van der Waals surface area contributed by atoms with Gasteiger partial charge in [0.15, 0.2) is 0 Å². The highest BCUT2D eigenvalue weighted by Gasteiger charge is 2.23. The van der Waals surface area contributed by atoms with E-state index >= 15 is 0 Å². The second-order valence-corrected chi connectivity index (χ2v) is 5.15. The van der Waals surface area contributed by atoms with Crippen LogP contribution in [0.3, 0.4) is 0 Å². The minimum atomic E-state index is -0.511. The van der Waals surface area contributed by atoms with Crippen molar-refractivity contribution < 1.29 is 5.11 Å². The van der Waals surface area contributed by atoms with Crippen LogP contribution in [0.15, 0.2) is 30.6 Å². The number of aromatic nitrogens is 3. The van der Waals surface area contributed by atoms with Gasteiger partial charge in [-0.1, -0.05) is 24.3 Å². The van der Waals surface area contributed by atoms with Crippen LogP contribution < -0.4 is 0 Å². The van der Waals surface area contributed by atoms with Crippen LogP contribution in [0.4, 0.5) is 0 Å². The minimum absolute atomic E-state index is 0.511. The number of aliphatic hydroxyl groups excluding tert-OH is 1. The van der Waals surface area contributed by atoms with Gasteiger partial charge in [-0.15, -0.1) is 0 Å². The molecule has 1 unspecified atom stereocenters. The molecule has 1 heterocycles. The summed E-state index contributed by atoms with van der Waals surface area (Å²) in [7, 11) is 0. The lowest BCUT2D eigenvalue weighted by atomic mass is 10.0. The van der Waals surface area contributed by atoms with E-state index in [-0.39, 0.29) is 0 Å². The molecule has 4 nitrogen and oxygen atoms in total. The molecule has 0 spiro atoms. The number of aliphatic hydroxyl groups is 1. The second-order valence-electron chi connectivity index (χ2n) is 5.15. The first-order valence-electron chi connectivity index (χ1n) is 6.92. The van der Waals surface area contributed by atoms with Gasteiger partial charge >= 0.3 is 0 Å². The molecule has 1 saturated carbocycles. The van der Waals surface area contributed by atoms with Crippen LogP contribution in [0.25, 0.3) is 0 Å². The van der Waals surface area contributed by atoms with Crippen LogP contribution in [0.5, 0.6) is 0 Å². The Morgan fingerprint density at radius 2 is 2.05 bits per heavy atom. The van der Waals surface area contributed by atoms with E-state index in [1.54, 1.807) is 6.33 Å². The van der Waals surface area contributed by atoms with E-state index in [9.17, 15) is 5.11 Å². The second kappa shape index (κ2) is 5.13. The van der Waals surface area contributed by atoms with Gasteiger partial charge in [-0.2, -0.15) is 5.10 Å². The molecule has 2 aromatic rings. The van der Waals surface area contributed by atoms with Crippen LogP contribution in [0.2, 0.25) is 0 Å². The van der Waals surface area contributed by atoms with Gasteiger partial charge in [0.05, 0.1) is 6.10 Å². The largest absolute Gasteiger partial charge is 0.388 e. The van der Waals surface area contributed by atoms with Crippen molar-refractivity contribution in [2.75, 3.05) is 0 Å². The molecule has 3 rings (SSSR count). The van der Waals surface area contributed by atoms with Gasteiger partial charge in [0.2, 0.25) is 0 Å². The monoisotopic (exact) mass is 257 g/mol. The van der Waals surface area contributed by atoms with E-state index in [0.717, 1.165) is 23.9 Å². The van der Waals surface area contributed by atoms with Crippen LogP contribution in [-0.4, -0.2) is 19.9 Å². The Bertz CT molecular complexity index is 543. The molecular formula is C15H19N3O. The SMILES string of the molecule is CCn1ncnc1CC(O)c1ccc(C2CC2)cc1. The van der Waals surface area contributed by atoms with E-state index in [2.05, 4.69) is 22.2 Å². The first-order chi connectivity index (χ1) is 9.28. The highest BCUT2D eigenvalue weighted by molar-refractivity contribution is 5.29. The lowest BCUT2D eigenvalue weighted by molar-refractivity contribution is 0.174. The predicted molar refractivity (Wildman–Crippen MR) is 72.8 cm³/mol. The molecular weight excluding hydrogens is 238 g/mol. The fraction of sp³-hybridized carbons (Fsp3) is 0.467. The zero-order valence-electron chi connectivity index (χ0n) is 11.2. The van der Waals surface area contributed by atoms with Crippen LogP contribution >= 0.6 is 0 Å². The molecule has 1 aliphatic carbocycles. The van der Waals surface area contributed by atoms with Gasteiger partial charge in [0.1, 0.15) is 12.2 Å². The first-order valence-corrected chi connectivity index (χ1v) is 6.92. The molecule has 0 saturated heterocycles. The number of hydrogen-bond acceptors (Lipinski definition) is 3. The molecule has 19 heavy (non-hydrogen) atoms. The summed E-state index contributed by atoms with van der Waals surface area (Å²) in [4.78, 5) is 4.20. The summed E-state index contributed by atoms with van der Waals surface area (Å²) in [5.41, 5.74) is 2.35. The molecule has 1 atom stereocenters. The molecule has 1 N–H and O–H groups in total. The molecule has 0 bridgehead atoms. The Morgan fingerprint density at radius 1 is 1.32 bits per heavy atom. The molecule has 1 aromatic carbocycles. The topological polar surface area (TPSA) is 50.9 Å². The van der Waals surface area contributed by atoms with Gasteiger partial charge < -0.3 is 5.11 Å². The maximum Gasteiger partial charge on any atom is 0.138 e. The van der Waals surface area contributed by atoms with Crippen molar-refractivity contribution in [1.29, 1.82) is 0 Å². The van der Waals surface area contributed by atoms with Gasteiger partial charge in [-0.25, -0.2) is 4.98 Å². The van der Waals surface area contributed by atoms with Crippen molar-refractivity contribution in [2.24, 2.45) is 0 Å². The lowest BCUT2D eigenvalue weighted by Gasteiger charge is -2.11. The van der Waals surface area contributed by atoms with Gasteiger partial charge in [-0.05, 0) is 36.8 Å². The summed E-state index contributed by atoms with van der Waals surface area (Å²) in [6.45, 7) is 2.80. The molecule has 0 radical (unpaired) electrons. The van der Waals surface area contributed by atoms with E-state index in [4.69, 9.17) is 0 Å². The Kier molecular flexibility index (Phi) is 3.34. The summed E-state index contributed by atoms with van der Waals surface area (Å²) in [5, 5.41) is 14.4. The smallest absolute Gasteiger partial charge is 0.138 e. The lowest BCUT2D eigenvalue weighted by Crippen LogP contribution is -2.09. The Balaban J connectivity index is 1.70. The summed E-state index contributed by atoms with van der Waals surface area (Å²) in [6.07, 6.45) is 4.16. The third-order valence-corrected chi connectivity index (χ3v) is 3.74. The quantitative estimate of drug-likeness (QED) is 0.895. The van der Waals surface area contributed by atoms with Crippen molar-refractivity contribution >= 4 is 0 Å². The normalized spacial score (nSPS) is 16.5. The third-order valence-electron chi connectivity index (χ3n) is 3.74. The van der Waals surface area contributed by atoms with Gasteiger partial charge in [0, 0.05) is 13.0 Å². The molecule has 4 heteroatoms. The van der Waals surface area contributed by atoms with E-state index in [0.29, 0.717) is 6.42 Å². The predicted octanol–water partition coefficient (Wildman–Crippen LogP) is 2.45. The van der Waals surface area contributed by atoms with Crippen LogP contribution in [-0.2, 0) is 13.0 Å². The van der Waals surface area contributed by atoms with Gasteiger partial charge in [0.25, 0.3) is 0 Å². The summed E-state index contributed by atoms with van der Waals surface area (Å²) in [5.74, 6) is 1.59. The van der Waals surface area contributed by atoms with Crippen LogP contribution in [0.1, 0.15) is 48.7 Å². The Hall–Kier alpha value is -1.68. The van der Waals surface area contributed by atoms with Crippen molar-refractivity contribution in [3.05, 3.63) is 47.5 Å². The average molecular weight is 257 g/mol. The fourth-order valence-corrected chi connectivity index (χ4v) is 2.41. The number of nitrogens with zero attached hydrogens (tertiary/aromatic N) is 3. The van der Waals surface area contributed by atoms with Crippen LogP contribution in [0, 0.1) is 0 Å². The summed E-state index contributed by atoms with van der Waals surface area (Å²) >= 11 is 0. The molecule has 0 aliphatic heterocycles. The van der Waals surface area contributed by atoms with Gasteiger partial charge in [-0.3, -0.25) is 4.68 Å². The molecule has 0 amide bonds. The highest BCUT2D eigenvalue weighted by Crippen LogP contribution is 2.40. The number of benzene rings is 1. The van der Waals surface area contributed by atoms with Crippen molar-refractivity contribution in [1.82, 2.24) is 14.8 Å². The number of hydrogen-bond donors (Lipinski definition) is 1. The maximum absolute atomic E-state index is 10.3. The summed E-state index contributed by atoms with van der Waals surface area (Å²) in [6, 6.07) is 8.34. The zero-order chi connectivity index (χ0) is 13.2. The standard InChI is InChI=1S/C15H19N3O/c1-2-18-15(16-10-17-18)9-14(19)13-7-5-12(6-8-13)11-3-4-11/h5-8,10-11,14,19H,2-4,9H2,1H3. The third kappa shape index (κ3) is 2.68. The van der Waals surface area contributed by atoms with E-state index < -0.39 is 6.10 Å².